The maximum absolute atomic E-state index is 10.5. The molecule has 5 atom stereocenters. The van der Waals surface area contributed by atoms with Gasteiger partial charge in [0.1, 0.15) is 36.3 Å². The summed E-state index contributed by atoms with van der Waals surface area (Å²) in [4.78, 5) is 0. The van der Waals surface area contributed by atoms with Crippen molar-refractivity contribution in [2.75, 3.05) is 13.2 Å². The first-order valence-electron chi connectivity index (χ1n) is 12.2. The van der Waals surface area contributed by atoms with Gasteiger partial charge in [0.05, 0.1) is 13.2 Å². The summed E-state index contributed by atoms with van der Waals surface area (Å²) in [5, 5.41) is 40.7. The molecule has 1 aliphatic carbocycles. The van der Waals surface area contributed by atoms with Crippen molar-refractivity contribution < 1.29 is 29.9 Å². The summed E-state index contributed by atoms with van der Waals surface area (Å²) in [5.41, 5.74) is 2.85. The second kappa shape index (κ2) is 10.9. The molecule has 4 N–H and O–H groups in total. The number of rotatable bonds is 8. The summed E-state index contributed by atoms with van der Waals surface area (Å²) in [7, 11) is 0. The molecular formula is C27H35ClO6. The summed E-state index contributed by atoms with van der Waals surface area (Å²) >= 11 is 6.46. The molecule has 1 saturated heterocycles. The molecule has 6 nitrogen and oxygen atoms in total. The summed E-state index contributed by atoms with van der Waals surface area (Å²) in [6, 6.07) is 13.3. The smallest absolute Gasteiger partial charge is 0.119 e. The van der Waals surface area contributed by atoms with Gasteiger partial charge < -0.3 is 29.9 Å². The zero-order valence-electron chi connectivity index (χ0n) is 19.6. The minimum Gasteiger partial charge on any atom is -0.493 e. The van der Waals surface area contributed by atoms with Crippen LogP contribution >= 0.6 is 11.6 Å². The van der Waals surface area contributed by atoms with E-state index in [9.17, 15) is 20.4 Å². The van der Waals surface area contributed by atoms with Gasteiger partial charge in [-0.1, -0.05) is 55.6 Å². The standard InChI is InChI=1S/C27H35ClO6/c1-2-27(11-3-4-12-27)16-33-20-8-5-17(6-9-20)13-19-14-18(7-10-21(19)28)26-25(32)24(31)23(30)22(15-29)34-26/h5-10,14,22-26,29-32H,2-4,11-13,15-16H2,1H3. The lowest BCUT2D eigenvalue weighted by Gasteiger charge is -2.40. The van der Waals surface area contributed by atoms with Gasteiger partial charge >= 0.3 is 0 Å². The predicted molar refractivity (Wildman–Crippen MR) is 130 cm³/mol. The van der Waals surface area contributed by atoms with E-state index in [4.69, 9.17) is 21.1 Å². The van der Waals surface area contributed by atoms with E-state index < -0.39 is 37.1 Å². The van der Waals surface area contributed by atoms with Gasteiger partial charge in [-0.15, -0.1) is 0 Å². The topological polar surface area (TPSA) is 99.4 Å². The molecule has 1 heterocycles. The zero-order chi connectivity index (χ0) is 24.3. The van der Waals surface area contributed by atoms with E-state index in [1.165, 1.54) is 25.7 Å². The lowest BCUT2D eigenvalue weighted by molar-refractivity contribution is -0.231. The molecule has 1 aliphatic heterocycles. The maximum atomic E-state index is 10.5. The van der Waals surface area contributed by atoms with Crippen molar-refractivity contribution in [2.45, 2.75) is 76.0 Å². The summed E-state index contributed by atoms with van der Waals surface area (Å²) in [6.07, 6.45) is 0.818. The molecule has 2 aromatic carbocycles. The molecule has 0 aromatic heterocycles. The van der Waals surface area contributed by atoms with Crippen LogP contribution in [0, 0.1) is 5.41 Å². The monoisotopic (exact) mass is 490 g/mol. The Balaban J connectivity index is 1.44. The largest absolute Gasteiger partial charge is 0.493 e. The van der Waals surface area contributed by atoms with Crippen molar-refractivity contribution in [1.82, 2.24) is 0 Å². The fourth-order valence-electron chi connectivity index (χ4n) is 5.17. The highest BCUT2D eigenvalue weighted by molar-refractivity contribution is 6.31. The molecule has 34 heavy (non-hydrogen) atoms. The first kappa shape index (κ1) is 25.4. The Kier molecular flexibility index (Phi) is 8.18. The zero-order valence-corrected chi connectivity index (χ0v) is 20.3. The molecule has 5 unspecified atom stereocenters. The van der Waals surface area contributed by atoms with Crippen molar-refractivity contribution in [2.24, 2.45) is 5.41 Å². The summed E-state index contributed by atoms with van der Waals surface area (Å²) in [6.45, 7) is 2.55. The first-order valence-corrected chi connectivity index (χ1v) is 12.5. The Hall–Kier alpha value is -1.67. The van der Waals surface area contributed by atoms with Crippen molar-refractivity contribution in [3.63, 3.8) is 0 Å². The molecule has 0 amide bonds. The van der Waals surface area contributed by atoms with Crippen LogP contribution in [-0.2, 0) is 11.2 Å². The Morgan fingerprint density at radius 1 is 1.00 bits per heavy atom. The molecule has 0 spiro atoms. The van der Waals surface area contributed by atoms with Gasteiger partial charge in [0.25, 0.3) is 0 Å². The highest BCUT2D eigenvalue weighted by Gasteiger charge is 2.44. The number of ether oxygens (including phenoxy) is 2. The molecule has 186 valence electrons. The summed E-state index contributed by atoms with van der Waals surface area (Å²) < 4.78 is 11.8. The van der Waals surface area contributed by atoms with Crippen molar-refractivity contribution in [1.29, 1.82) is 0 Å². The normalized spacial score (nSPS) is 28.7. The molecule has 2 fully saturated rings. The van der Waals surface area contributed by atoms with E-state index in [1.807, 2.05) is 30.3 Å². The van der Waals surface area contributed by atoms with Gasteiger partial charge in [-0.3, -0.25) is 0 Å². The van der Waals surface area contributed by atoms with Crippen molar-refractivity contribution in [3.8, 4) is 5.75 Å². The fourth-order valence-corrected chi connectivity index (χ4v) is 5.35. The molecule has 0 bridgehead atoms. The van der Waals surface area contributed by atoms with Crippen LogP contribution in [0.5, 0.6) is 5.75 Å². The van der Waals surface area contributed by atoms with E-state index >= 15 is 0 Å². The van der Waals surface area contributed by atoms with Crippen LogP contribution in [0.1, 0.15) is 61.8 Å². The third-order valence-corrected chi connectivity index (χ3v) is 7.94. The van der Waals surface area contributed by atoms with Crippen LogP contribution in [0.2, 0.25) is 5.02 Å². The van der Waals surface area contributed by atoms with Crippen molar-refractivity contribution in [3.05, 3.63) is 64.2 Å². The van der Waals surface area contributed by atoms with Crippen LogP contribution in [-0.4, -0.2) is 58.1 Å². The third-order valence-electron chi connectivity index (χ3n) is 7.57. The number of benzene rings is 2. The molecule has 7 heteroatoms. The van der Waals surface area contributed by atoms with Crippen LogP contribution in [0.4, 0.5) is 0 Å². The van der Waals surface area contributed by atoms with E-state index in [0.29, 0.717) is 22.4 Å². The second-order valence-electron chi connectivity index (χ2n) is 9.77. The van der Waals surface area contributed by atoms with E-state index in [-0.39, 0.29) is 0 Å². The molecular weight excluding hydrogens is 456 g/mol. The summed E-state index contributed by atoms with van der Waals surface area (Å²) in [5.74, 6) is 0.865. The minimum absolute atomic E-state index is 0.317. The fraction of sp³-hybridized carbons (Fsp3) is 0.556. The number of aliphatic hydroxyl groups excluding tert-OH is 4. The van der Waals surface area contributed by atoms with E-state index in [0.717, 1.165) is 29.9 Å². The Morgan fingerprint density at radius 3 is 2.35 bits per heavy atom. The molecule has 2 aliphatic rings. The highest BCUT2D eigenvalue weighted by Crippen LogP contribution is 2.41. The molecule has 1 saturated carbocycles. The van der Waals surface area contributed by atoms with Gasteiger partial charge in [-0.25, -0.2) is 0 Å². The van der Waals surface area contributed by atoms with Crippen LogP contribution in [0.15, 0.2) is 42.5 Å². The highest BCUT2D eigenvalue weighted by atomic mass is 35.5. The second-order valence-corrected chi connectivity index (χ2v) is 10.2. The van der Waals surface area contributed by atoms with Crippen LogP contribution in [0.25, 0.3) is 0 Å². The Morgan fingerprint density at radius 2 is 1.71 bits per heavy atom. The van der Waals surface area contributed by atoms with Gasteiger partial charge in [0.2, 0.25) is 0 Å². The van der Waals surface area contributed by atoms with Gasteiger partial charge in [-0.05, 0) is 60.6 Å². The average molecular weight is 491 g/mol. The first-order chi connectivity index (χ1) is 16.4. The quantitative estimate of drug-likeness (QED) is 0.449. The SMILES string of the molecule is CCC1(COc2ccc(Cc3cc(C4OC(CO)C(O)C(O)C4O)ccc3Cl)cc2)CCCC1. The number of hydrogen-bond acceptors (Lipinski definition) is 6. The average Bonchev–Trinajstić information content (AvgIpc) is 3.33. The third kappa shape index (κ3) is 5.43. The van der Waals surface area contributed by atoms with Crippen LogP contribution in [0.3, 0.4) is 0 Å². The van der Waals surface area contributed by atoms with Gasteiger partial charge in [0, 0.05) is 10.4 Å². The minimum atomic E-state index is -1.42. The molecule has 4 rings (SSSR count). The Labute approximate surface area is 206 Å². The van der Waals surface area contributed by atoms with Gasteiger partial charge in [-0.2, -0.15) is 0 Å². The number of halogens is 1. The van der Waals surface area contributed by atoms with E-state index in [1.54, 1.807) is 12.1 Å². The molecule has 0 radical (unpaired) electrons. The Bertz CT molecular complexity index is 941. The lowest BCUT2D eigenvalue weighted by atomic mass is 9.84. The van der Waals surface area contributed by atoms with E-state index in [2.05, 4.69) is 6.92 Å². The lowest BCUT2D eigenvalue weighted by Crippen LogP contribution is -2.55. The number of hydrogen-bond donors (Lipinski definition) is 4. The maximum Gasteiger partial charge on any atom is 0.119 e. The molecule has 2 aromatic rings. The van der Waals surface area contributed by atoms with Crippen LogP contribution < -0.4 is 4.74 Å². The predicted octanol–water partition coefficient (Wildman–Crippen LogP) is 3.79. The van der Waals surface area contributed by atoms with Crippen molar-refractivity contribution >= 4 is 11.6 Å². The van der Waals surface area contributed by atoms with Gasteiger partial charge in [0.15, 0.2) is 0 Å². The number of aliphatic hydroxyl groups is 4.